The van der Waals surface area contributed by atoms with Crippen LogP contribution in [0.3, 0.4) is 0 Å². The Morgan fingerprint density at radius 1 is 1.56 bits per heavy atom. The maximum atomic E-state index is 10.9. The fourth-order valence-electron chi connectivity index (χ4n) is 1.41. The zero-order valence-electron chi connectivity index (χ0n) is 9.37. The third-order valence-electron chi connectivity index (χ3n) is 2.16. The van der Waals surface area contributed by atoms with Gasteiger partial charge in [0.05, 0.1) is 6.54 Å². The van der Waals surface area contributed by atoms with E-state index >= 15 is 0 Å². The molecule has 1 aromatic rings. The number of hydrogen-bond donors (Lipinski definition) is 2. The number of carboxylic acids is 1. The van der Waals surface area contributed by atoms with Crippen LogP contribution in [0.15, 0.2) is 16.5 Å². The number of carbonyl (C=O) groups is 1. The minimum Gasteiger partial charge on any atom is -0.480 e. The van der Waals surface area contributed by atoms with Gasteiger partial charge in [-0.15, -0.1) is 0 Å². The zero-order valence-corrected chi connectivity index (χ0v) is 10.1. The summed E-state index contributed by atoms with van der Waals surface area (Å²) in [7, 11) is 0. The molecule has 16 heavy (non-hydrogen) atoms. The Bertz CT molecular complexity index is 349. The van der Waals surface area contributed by atoms with Crippen molar-refractivity contribution < 1.29 is 14.3 Å². The maximum absolute atomic E-state index is 10.9. The van der Waals surface area contributed by atoms with Gasteiger partial charge >= 0.3 is 5.97 Å². The number of rotatable bonds is 6. The smallest absolute Gasteiger partial charge is 0.320 e. The van der Waals surface area contributed by atoms with Crippen molar-refractivity contribution in [1.82, 2.24) is 5.32 Å². The highest BCUT2D eigenvalue weighted by molar-refractivity contribution is 6.28. The van der Waals surface area contributed by atoms with Gasteiger partial charge in [-0.1, -0.05) is 13.8 Å². The van der Waals surface area contributed by atoms with Gasteiger partial charge in [-0.2, -0.15) is 0 Å². The third-order valence-corrected chi connectivity index (χ3v) is 2.36. The molecule has 0 spiro atoms. The fourth-order valence-corrected chi connectivity index (χ4v) is 1.58. The summed E-state index contributed by atoms with van der Waals surface area (Å²) in [6.07, 6.45) is 0.587. The Balaban J connectivity index is 2.46. The van der Waals surface area contributed by atoms with Crippen molar-refractivity contribution in [2.75, 3.05) is 0 Å². The second-order valence-electron chi connectivity index (χ2n) is 4.11. The van der Waals surface area contributed by atoms with Crippen LogP contribution >= 0.6 is 11.6 Å². The number of aliphatic carboxylic acids is 1. The predicted molar refractivity (Wildman–Crippen MR) is 61.4 cm³/mol. The summed E-state index contributed by atoms with van der Waals surface area (Å²) >= 11 is 5.61. The van der Waals surface area contributed by atoms with E-state index in [1.165, 1.54) is 0 Å². The van der Waals surface area contributed by atoms with Gasteiger partial charge in [0.25, 0.3) is 0 Å². The lowest BCUT2D eigenvalue weighted by atomic mass is 10.0. The molecule has 90 valence electrons. The van der Waals surface area contributed by atoms with E-state index in [1.807, 2.05) is 13.8 Å². The first-order valence-corrected chi connectivity index (χ1v) is 5.57. The number of nitrogens with one attached hydrogen (secondary N) is 1. The van der Waals surface area contributed by atoms with Crippen LogP contribution in [-0.4, -0.2) is 17.1 Å². The van der Waals surface area contributed by atoms with Gasteiger partial charge in [0.2, 0.25) is 0 Å². The van der Waals surface area contributed by atoms with Crippen LogP contribution < -0.4 is 5.32 Å². The molecular weight excluding hydrogens is 230 g/mol. The molecule has 0 bridgehead atoms. The molecule has 0 amide bonds. The topological polar surface area (TPSA) is 62.5 Å². The molecule has 2 N–H and O–H groups in total. The first-order chi connectivity index (χ1) is 7.49. The van der Waals surface area contributed by atoms with E-state index in [1.54, 1.807) is 12.1 Å². The SMILES string of the molecule is CC(C)CC(NCc1ccc(Cl)o1)C(=O)O. The average Bonchev–Trinajstić information content (AvgIpc) is 2.58. The fraction of sp³-hybridized carbons (Fsp3) is 0.545. The van der Waals surface area contributed by atoms with Crippen molar-refractivity contribution in [1.29, 1.82) is 0 Å². The Morgan fingerprint density at radius 2 is 2.25 bits per heavy atom. The largest absolute Gasteiger partial charge is 0.480 e. The van der Waals surface area contributed by atoms with Crippen LogP contribution in [0.25, 0.3) is 0 Å². The lowest BCUT2D eigenvalue weighted by molar-refractivity contribution is -0.140. The van der Waals surface area contributed by atoms with Crippen LogP contribution in [-0.2, 0) is 11.3 Å². The summed E-state index contributed by atoms with van der Waals surface area (Å²) in [5, 5.41) is 12.2. The van der Waals surface area contributed by atoms with Crippen molar-refractivity contribution in [3.63, 3.8) is 0 Å². The van der Waals surface area contributed by atoms with E-state index in [0.29, 0.717) is 29.9 Å². The van der Waals surface area contributed by atoms with Gasteiger partial charge in [0, 0.05) is 0 Å². The van der Waals surface area contributed by atoms with Crippen molar-refractivity contribution in [2.45, 2.75) is 32.9 Å². The van der Waals surface area contributed by atoms with Crippen molar-refractivity contribution >= 4 is 17.6 Å². The number of hydrogen-bond acceptors (Lipinski definition) is 3. The van der Waals surface area contributed by atoms with Crippen molar-refractivity contribution in [3.05, 3.63) is 23.1 Å². The van der Waals surface area contributed by atoms with Gasteiger partial charge in [-0.3, -0.25) is 10.1 Å². The molecule has 0 aliphatic heterocycles. The number of carboxylic acid groups (broad SMARTS) is 1. The van der Waals surface area contributed by atoms with Gasteiger partial charge in [-0.25, -0.2) is 0 Å². The Kier molecular flexibility index (Phi) is 4.83. The summed E-state index contributed by atoms with van der Waals surface area (Å²) in [6, 6.07) is 2.81. The molecule has 0 aliphatic rings. The lowest BCUT2D eigenvalue weighted by Crippen LogP contribution is -2.37. The minimum atomic E-state index is -0.841. The summed E-state index contributed by atoms with van der Waals surface area (Å²) in [6.45, 7) is 4.35. The Morgan fingerprint density at radius 3 is 2.69 bits per heavy atom. The molecule has 0 saturated carbocycles. The minimum absolute atomic E-state index is 0.313. The van der Waals surface area contributed by atoms with E-state index in [2.05, 4.69) is 5.32 Å². The first kappa shape index (κ1) is 13.1. The van der Waals surface area contributed by atoms with Crippen LogP contribution in [0.5, 0.6) is 0 Å². The third kappa shape index (κ3) is 4.24. The van der Waals surface area contributed by atoms with E-state index in [9.17, 15) is 4.79 Å². The van der Waals surface area contributed by atoms with E-state index < -0.39 is 12.0 Å². The lowest BCUT2D eigenvalue weighted by Gasteiger charge is -2.15. The molecule has 1 unspecified atom stereocenters. The van der Waals surface area contributed by atoms with Gasteiger partial charge in [0.1, 0.15) is 11.8 Å². The van der Waals surface area contributed by atoms with Crippen LogP contribution in [0.4, 0.5) is 0 Å². The van der Waals surface area contributed by atoms with Crippen LogP contribution in [0, 0.1) is 5.92 Å². The molecule has 5 heteroatoms. The summed E-state index contributed by atoms with van der Waals surface area (Å²) in [5.74, 6) is 0.125. The molecule has 1 heterocycles. The van der Waals surface area contributed by atoms with Gasteiger partial charge < -0.3 is 9.52 Å². The highest BCUT2D eigenvalue weighted by Crippen LogP contribution is 2.13. The van der Waals surface area contributed by atoms with Gasteiger partial charge in [-0.05, 0) is 36.1 Å². The standard InChI is InChI=1S/C11H16ClNO3/c1-7(2)5-9(11(14)15)13-6-8-3-4-10(12)16-8/h3-4,7,9,13H,5-6H2,1-2H3,(H,14,15). The normalized spacial score (nSPS) is 13.0. The molecule has 0 radical (unpaired) electrons. The molecule has 4 nitrogen and oxygen atoms in total. The summed E-state index contributed by atoms with van der Waals surface area (Å²) in [5.41, 5.74) is 0. The second kappa shape index (κ2) is 5.92. The van der Waals surface area contributed by atoms with E-state index in [0.717, 1.165) is 0 Å². The van der Waals surface area contributed by atoms with Crippen molar-refractivity contribution in [3.8, 4) is 0 Å². The molecule has 1 atom stereocenters. The van der Waals surface area contributed by atoms with Crippen LogP contribution in [0.1, 0.15) is 26.0 Å². The summed E-state index contributed by atoms with van der Waals surface area (Å²) < 4.78 is 5.13. The quantitative estimate of drug-likeness (QED) is 0.809. The number of furan rings is 1. The molecular formula is C11H16ClNO3. The molecule has 0 aliphatic carbocycles. The summed E-state index contributed by atoms with van der Waals surface area (Å²) in [4.78, 5) is 10.9. The molecule has 0 saturated heterocycles. The monoisotopic (exact) mass is 245 g/mol. The van der Waals surface area contributed by atoms with E-state index in [4.69, 9.17) is 21.1 Å². The average molecular weight is 246 g/mol. The first-order valence-electron chi connectivity index (χ1n) is 5.19. The molecule has 0 fully saturated rings. The molecule has 1 aromatic heterocycles. The van der Waals surface area contributed by atoms with E-state index in [-0.39, 0.29) is 0 Å². The Hall–Kier alpha value is -1.00. The molecule has 1 rings (SSSR count). The maximum Gasteiger partial charge on any atom is 0.320 e. The zero-order chi connectivity index (χ0) is 12.1. The number of halogens is 1. The van der Waals surface area contributed by atoms with Gasteiger partial charge in [0.15, 0.2) is 5.22 Å². The van der Waals surface area contributed by atoms with Crippen molar-refractivity contribution in [2.24, 2.45) is 5.92 Å². The highest BCUT2D eigenvalue weighted by atomic mass is 35.5. The predicted octanol–water partition coefficient (Wildman–Crippen LogP) is 2.52. The highest BCUT2D eigenvalue weighted by Gasteiger charge is 2.18. The second-order valence-corrected chi connectivity index (χ2v) is 4.48. The Labute approximate surface area is 99.6 Å². The molecule has 0 aromatic carbocycles. The van der Waals surface area contributed by atoms with Crippen LogP contribution in [0.2, 0.25) is 5.22 Å².